The van der Waals surface area contributed by atoms with Crippen molar-refractivity contribution < 1.29 is 4.79 Å². The van der Waals surface area contributed by atoms with E-state index in [1.807, 2.05) is 11.0 Å². The molecule has 18 heavy (non-hydrogen) atoms. The Bertz CT molecular complexity index is 506. The van der Waals surface area contributed by atoms with Gasteiger partial charge in [0, 0.05) is 36.4 Å². The molecule has 4 nitrogen and oxygen atoms in total. The van der Waals surface area contributed by atoms with Crippen molar-refractivity contribution in [1.82, 2.24) is 4.90 Å². The lowest BCUT2D eigenvalue weighted by Gasteiger charge is -2.34. The first-order valence-electron chi connectivity index (χ1n) is 5.57. The van der Waals surface area contributed by atoms with Gasteiger partial charge in [-0.3, -0.25) is 4.79 Å². The van der Waals surface area contributed by atoms with E-state index in [-0.39, 0.29) is 5.91 Å². The SMILES string of the molecule is CN1CCN(c2ccc(Cl)cc2C(N)=S)CC1=O. The van der Waals surface area contributed by atoms with Gasteiger partial charge in [-0.25, -0.2) is 0 Å². The van der Waals surface area contributed by atoms with E-state index < -0.39 is 0 Å². The molecule has 0 atom stereocenters. The number of anilines is 1. The fourth-order valence-electron chi connectivity index (χ4n) is 1.95. The lowest BCUT2D eigenvalue weighted by atomic mass is 10.1. The van der Waals surface area contributed by atoms with Crippen LogP contribution in [0.2, 0.25) is 5.02 Å². The molecular formula is C12H14ClN3OS. The lowest BCUT2D eigenvalue weighted by Crippen LogP contribution is -2.49. The number of likely N-dealkylation sites (N-methyl/N-ethyl adjacent to an activating group) is 1. The molecule has 2 N–H and O–H groups in total. The van der Waals surface area contributed by atoms with E-state index in [0.29, 0.717) is 23.1 Å². The first-order valence-corrected chi connectivity index (χ1v) is 6.36. The molecular weight excluding hydrogens is 270 g/mol. The second kappa shape index (κ2) is 5.12. The van der Waals surface area contributed by atoms with Crippen molar-refractivity contribution in [1.29, 1.82) is 0 Å². The van der Waals surface area contributed by atoms with E-state index >= 15 is 0 Å². The van der Waals surface area contributed by atoms with E-state index in [4.69, 9.17) is 29.6 Å². The van der Waals surface area contributed by atoms with E-state index in [0.717, 1.165) is 17.8 Å². The molecule has 0 spiro atoms. The maximum absolute atomic E-state index is 11.7. The zero-order chi connectivity index (χ0) is 13.3. The molecule has 96 valence electrons. The van der Waals surface area contributed by atoms with Gasteiger partial charge in [-0.15, -0.1) is 0 Å². The summed E-state index contributed by atoms with van der Waals surface area (Å²) in [7, 11) is 1.80. The molecule has 1 heterocycles. The van der Waals surface area contributed by atoms with Crippen LogP contribution in [0.3, 0.4) is 0 Å². The maximum Gasteiger partial charge on any atom is 0.241 e. The number of amides is 1. The van der Waals surface area contributed by atoms with Crippen molar-refractivity contribution in [2.45, 2.75) is 0 Å². The Kier molecular flexibility index (Phi) is 3.73. The number of carbonyl (C=O) groups excluding carboxylic acids is 1. The topological polar surface area (TPSA) is 49.6 Å². The Balaban J connectivity index is 2.33. The van der Waals surface area contributed by atoms with Crippen molar-refractivity contribution in [2.75, 3.05) is 31.6 Å². The van der Waals surface area contributed by atoms with E-state index in [2.05, 4.69) is 0 Å². The number of nitrogens with two attached hydrogens (primary N) is 1. The number of hydrogen-bond acceptors (Lipinski definition) is 3. The van der Waals surface area contributed by atoms with E-state index in [9.17, 15) is 4.79 Å². The molecule has 0 radical (unpaired) electrons. The first-order chi connectivity index (χ1) is 8.49. The van der Waals surface area contributed by atoms with Crippen LogP contribution in [-0.4, -0.2) is 42.5 Å². The maximum atomic E-state index is 11.7. The molecule has 0 unspecified atom stereocenters. The van der Waals surface area contributed by atoms with Crippen molar-refractivity contribution in [3.8, 4) is 0 Å². The van der Waals surface area contributed by atoms with Gasteiger partial charge in [-0.1, -0.05) is 23.8 Å². The molecule has 1 aromatic rings. The molecule has 2 rings (SSSR count). The molecule has 1 saturated heterocycles. The Morgan fingerprint density at radius 2 is 2.17 bits per heavy atom. The Morgan fingerprint density at radius 1 is 1.44 bits per heavy atom. The molecule has 1 aromatic carbocycles. The second-order valence-electron chi connectivity index (χ2n) is 4.26. The number of nitrogens with zero attached hydrogens (tertiary/aromatic N) is 2. The molecule has 1 aliphatic rings. The van der Waals surface area contributed by atoms with Gasteiger partial charge in [0.15, 0.2) is 0 Å². The summed E-state index contributed by atoms with van der Waals surface area (Å²) in [5.41, 5.74) is 7.29. The van der Waals surface area contributed by atoms with Crippen molar-refractivity contribution in [3.63, 3.8) is 0 Å². The van der Waals surface area contributed by atoms with Crippen LogP contribution in [0.1, 0.15) is 5.56 Å². The number of hydrogen-bond donors (Lipinski definition) is 1. The highest BCUT2D eigenvalue weighted by Gasteiger charge is 2.23. The van der Waals surface area contributed by atoms with Gasteiger partial charge in [0.25, 0.3) is 0 Å². The van der Waals surface area contributed by atoms with Crippen LogP contribution in [0.4, 0.5) is 5.69 Å². The van der Waals surface area contributed by atoms with E-state index in [1.54, 1.807) is 24.1 Å². The highest BCUT2D eigenvalue weighted by molar-refractivity contribution is 7.80. The number of benzene rings is 1. The summed E-state index contributed by atoms with van der Waals surface area (Å²) in [6, 6.07) is 5.37. The van der Waals surface area contributed by atoms with Gasteiger partial charge in [-0.05, 0) is 18.2 Å². The van der Waals surface area contributed by atoms with Gasteiger partial charge < -0.3 is 15.5 Å². The number of piperazine rings is 1. The predicted molar refractivity (Wildman–Crippen MR) is 77.2 cm³/mol. The van der Waals surface area contributed by atoms with Gasteiger partial charge in [0.1, 0.15) is 4.99 Å². The van der Waals surface area contributed by atoms with Crippen LogP contribution in [-0.2, 0) is 4.79 Å². The van der Waals surface area contributed by atoms with Crippen LogP contribution < -0.4 is 10.6 Å². The fraction of sp³-hybridized carbons (Fsp3) is 0.333. The minimum absolute atomic E-state index is 0.0880. The molecule has 1 aliphatic heterocycles. The minimum atomic E-state index is 0.0880. The van der Waals surface area contributed by atoms with Crippen LogP contribution in [0, 0.1) is 0 Å². The summed E-state index contributed by atoms with van der Waals surface area (Å²) >= 11 is 11.0. The van der Waals surface area contributed by atoms with Crippen LogP contribution in [0.15, 0.2) is 18.2 Å². The Morgan fingerprint density at radius 3 is 2.78 bits per heavy atom. The summed E-state index contributed by atoms with van der Waals surface area (Å²) in [4.78, 5) is 15.7. The number of thiocarbonyl (C=S) groups is 1. The molecule has 1 fully saturated rings. The minimum Gasteiger partial charge on any atom is -0.389 e. The molecule has 1 amide bonds. The summed E-state index contributed by atoms with van der Waals surface area (Å²) < 4.78 is 0. The molecule has 0 bridgehead atoms. The standard InChI is InChI=1S/C12H14ClN3OS/c1-15-4-5-16(7-11(15)17)10-3-2-8(13)6-9(10)12(14)18/h2-3,6H,4-5,7H2,1H3,(H2,14,18). The largest absolute Gasteiger partial charge is 0.389 e. The normalized spacial score (nSPS) is 16.0. The highest BCUT2D eigenvalue weighted by atomic mass is 35.5. The average molecular weight is 284 g/mol. The van der Waals surface area contributed by atoms with Crippen LogP contribution in [0.25, 0.3) is 0 Å². The summed E-state index contributed by atoms with van der Waals surface area (Å²) in [6.07, 6.45) is 0. The van der Waals surface area contributed by atoms with E-state index in [1.165, 1.54) is 0 Å². The van der Waals surface area contributed by atoms with Crippen molar-refractivity contribution in [2.24, 2.45) is 5.73 Å². The third-order valence-corrected chi connectivity index (χ3v) is 3.48. The van der Waals surface area contributed by atoms with Crippen LogP contribution in [0.5, 0.6) is 0 Å². The van der Waals surface area contributed by atoms with Gasteiger partial charge in [-0.2, -0.15) is 0 Å². The summed E-state index contributed by atoms with van der Waals surface area (Å²) in [5, 5.41) is 0.585. The third kappa shape index (κ3) is 2.57. The quantitative estimate of drug-likeness (QED) is 0.830. The zero-order valence-electron chi connectivity index (χ0n) is 10.0. The van der Waals surface area contributed by atoms with Gasteiger partial charge in [0.05, 0.1) is 6.54 Å². The highest BCUT2D eigenvalue weighted by Crippen LogP contribution is 2.25. The Labute approximate surface area is 116 Å². The zero-order valence-corrected chi connectivity index (χ0v) is 11.6. The second-order valence-corrected chi connectivity index (χ2v) is 5.14. The Hall–Kier alpha value is -1.33. The molecule has 6 heteroatoms. The van der Waals surface area contributed by atoms with Crippen molar-refractivity contribution in [3.05, 3.63) is 28.8 Å². The number of carbonyl (C=O) groups is 1. The summed E-state index contributed by atoms with van der Waals surface area (Å²) in [6.45, 7) is 1.80. The van der Waals surface area contributed by atoms with Gasteiger partial charge in [0.2, 0.25) is 5.91 Å². The van der Waals surface area contributed by atoms with Crippen molar-refractivity contribution >= 4 is 40.4 Å². The third-order valence-electron chi connectivity index (χ3n) is 3.02. The molecule has 0 saturated carbocycles. The smallest absolute Gasteiger partial charge is 0.241 e. The first kappa shape index (κ1) is 13.1. The monoisotopic (exact) mass is 283 g/mol. The van der Waals surface area contributed by atoms with Gasteiger partial charge >= 0.3 is 0 Å². The fourth-order valence-corrected chi connectivity index (χ4v) is 2.28. The predicted octanol–water partition coefficient (Wildman–Crippen LogP) is 1.25. The lowest BCUT2D eigenvalue weighted by molar-refractivity contribution is -0.129. The number of rotatable bonds is 2. The average Bonchev–Trinajstić information content (AvgIpc) is 2.32. The molecule has 0 aliphatic carbocycles. The van der Waals surface area contributed by atoms with Crippen LogP contribution >= 0.6 is 23.8 Å². The summed E-state index contributed by atoms with van der Waals surface area (Å²) in [5.74, 6) is 0.0880. The number of halogens is 1. The molecule has 0 aromatic heterocycles.